The molecule has 1 amide bonds. The summed E-state index contributed by atoms with van der Waals surface area (Å²) in [5.41, 5.74) is 4.46. The first-order valence-electron chi connectivity index (χ1n) is 5.93. The molecule has 0 aliphatic carbocycles. The van der Waals surface area contributed by atoms with Gasteiger partial charge >= 0.3 is 0 Å². The number of nitrogens with zero attached hydrogens (tertiary/aromatic N) is 1. The van der Waals surface area contributed by atoms with Crippen molar-refractivity contribution >= 4 is 34.8 Å². The second kappa shape index (κ2) is 6.55. The molecular formula is C15H12Cl2N2O. The predicted molar refractivity (Wildman–Crippen MR) is 82.6 cm³/mol. The molecular weight excluding hydrogens is 295 g/mol. The van der Waals surface area contributed by atoms with Crippen molar-refractivity contribution in [3.63, 3.8) is 0 Å². The Balaban J connectivity index is 2.12. The quantitative estimate of drug-likeness (QED) is 0.672. The molecule has 0 spiro atoms. The van der Waals surface area contributed by atoms with E-state index >= 15 is 0 Å². The van der Waals surface area contributed by atoms with Gasteiger partial charge in [0.15, 0.2) is 0 Å². The van der Waals surface area contributed by atoms with Crippen molar-refractivity contribution in [2.24, 2.45) is 5.10 Å². The van der Waals surface area contributed by atoms with Gasteiger partial charge < -0.3 is 0 Å². The molecule has 0 bridgehead atoms. The molecule has 102 valence electrons. The van der Waals surface area contributed by atoms with Crippen molar-refractivity contribution in [2.75, 3.05) is 0 Å². The Bertz CT molecular complexity index is 654. The van der Waals surface area contributed by atoms with Gasteiger partial charge in [-0.25, -0.2) is 5.43 Å². The van der Waals surface area contributed by atoms with Crippen molar-refractivity contribution in [3.8, 4) is 0 Å². The minimum atomic E-state index is -0.373. The first-order valence-corrected chi connectivity index (χ1v) is 6.68. The third-order valence-corrected chi connectivity index (χ3v) is 3.24. The summed E-state index contributed by atoms with van der Waals surface area (Å²) < 4.78 is 0. The summed E-state index contributed by atoms with van der Waals surface area (Å²) in [7, 11) is 0. The molecule has 2 aromatic carbocycles. The molecule has 2 aromatic rings. The lowest BCUT2D eigenvalue weighted by atomic mass is 10.1. The Morgan fingerprint density at radius 2 is 1.80 bits per heavy atom. The summed E-state index contributed by atoms with van der Waals surface area (Å²) in [6.07, 6.45) is 0. The Morgan fingerprint density at radius 1 is 1.10 bits per heavy atom. The fourth-order valence-electron chi connectivity index (χ4n) is 1.61. The van der Waals surface area contributed by atoms with Crippen LogP contribution in [0.3, 0.4) is 0 Å². The van der Waals surface area contributed by atoms with Crippen LogP contribution in [0.15, 0.2) is 53.6 Å². The Morgan fingerprint density at radius 3 is 2.45 bits per heavy atom. The Kier molecular flexibility index (Phi) is 4.77. The molecule has 3 nitrogen and oxygen atoms in total. The van der Waals surface area contributed by atoms with Crippen LogP contribution in [0.1, 0.15) is 22.8 Å². The molecule has 0 unspecified atom stereocenters. The minimum absolute atomic E-state index is 0.294. The Hall–Kier alpha value is -1.84. The van der Waals surface area contributed by atoms with E-state index in [1.54, 1.807) is 12.1 Å². The van der Waals surface area contributed by atoms with E-state index < -0.39 is 0 Å². The maximum Gasteiger partial charge on any atom is 0.272 e. The number of carbonyl (C=O) groups is 1. The number of benzene rings is 2. The van der Waals surface area contributed by atoms with Gasteiger partial charge in [-0.2, -0.15) is 5.10 Å². The van der Waals surface area contributed by atoms with Crippen molar-refractivity contribution in [1.29, 1.82) is 0 Å². The molecule has 20 heavy (non-hydrogen) atoms. The smallest absolute Gasteiger partial charge is 0.267 e. The molecule has 0 aliphatic rings. The van der Waals surface area contributed by atoms with Crippen LogP contribution in [0, 0.1) is 0 Å². The Labute approximate surface area is 127 Å². The van der Waals surface area contributed by atoms with Gasteiger partial charge in [-0.05, 0) is 30.7 Å². The minimum Gasteiger partial charge on any atom is -0.267 e. The van der Waals surface area contributed by atoms with Crippen LogP contribution in [0.4, 0.5) is 0 Å². The summed E-state index contributed by atoms with van der Waals surface area (Å²) >= 11 is 11.7. The van der Waals surface area contributed by atoms with Crippen molar-refractivity contribution in [1.82, 2.24) is 5.43 Å². The van der Waals surface area contributed by atoms with Gasteiger partial charge in [0.1, 0.15) is 0 Å². The van der Waals surface area contributed by atoms with Gasteiger partial charge in [0.05, 0.1) is 16.3 Å². The number of halogens is 2. The van der Waals surface area contributed by atoms with Gasteiger partial charge in [0.25, 0.3) is 5.91 Å². The fourth-order valence-corrected chi connectivity index (χ4v) is 2.11. The molecule has 0 radical (unpaired) electrons. The van der Waals surface area contributed by atoms with Gasteiger partial charge in [0.2, 0.25) is 0 Å². The van der Waals surface area contributed by atoms with E-state index in [1.165, 1.54) is 6.07 Å². The lowest BCUT2D eigenvalue weighted by molar-refractivity contribution is 0.0955. The number of hydrogen-bond donors (Lipinski definition) is 1. The highest BCUT2D eigenvalue weighted by atomic mass is 35.5. The molecule has 0 heterocycles. The van der Waals surface area contributed by atoms with E-state index in [1.807, 2.05) is 37.3 Å². The average molecular weight is 307 g/mol. The molecule has 2 rings (SSSR count). The van der Waals surface area contributed by atoms with Crippen LogP contribution in [0.2, 0.25) is 10.0 Å². The van der Waals surface area contributed by atoms with E-state index in [2.05, 4.69) is 10.5 Å². The van der Waals surface area contributed by atoms with Gasteiger partial charge in [0, 0.05) is 5.02 Å². The third-order valence-electron chi connectivity index (χ3n) is 2.69. The predicted octanol–water partition coefficient (Wildman–Crippen LogP) is 4.15. The maximum atomic E-state index is 12.0. The second-order valence-electron chi connectivity index (χ2n) is 4.13. The van der Waals surface area contributed by atoms with E-state index in [-0.39, 0.29) is 5.91 Å². The summed E-state index contributed by atoms with van der Waals surface area (Å²) in [4.78, 5) is 12.0. The number of hydrogen-bond acceptors (Lipinski definition) is 2. The van der Waals surface area contributed by atoms with Gasteiger partial charge in [-0.3, -0.25) is 4.79 Å². The first kappa shape index (κ1) is 14.6. The second-order valence-corrected chi connectivity index (χ2v) is 4.97. The van der Waals surface area contributed by atoms with E-state index in [0.29, 0.717) is 21.3 Å². The largest absolute Gasteiger partial charge is 0.272 e. The molecule has 5 heteroatoms. The highest BCUT2D eigenvalue weighted by molar-refractivity contribution is 6.36. The zero-order valence-corrected chi connectivity index (χ0v) is 12.2. The number of carbonyl (C=O) groups excluding carboxylic acids is 1. The highest BCUT2D eigenvalue weighted by Crippen LogP contribution is 2.20. The lowest BCUT2D eigenvalue weighted by Crippen LogP contribution is -2.19. The van der Waals surface area contributed by atoms with Crippen LogP contribution in [-0.4, -0.2) is 11.6 Å². The average Bonchev–Trinajstić information content (AvgIpc) is 2.45. The fraction of sp³-hybridized carbons (Fsp3) is 0.0667. The summed E-state index contributed by atoms with van der Waals surface area (Å²) in [5.74, 6) is -0.373. The van der Waals surface area contributed by atoms with Gasteiger partial charge in [-0.15, -0.1) is 0 Å². The van der Waals surface area contributed by atoms with Crippen LogP contribution in [-0.2, 0) is 0 Å². The molecule has 1 N–H and O–H groups in total. The van der Waals surface area contributed by atoms with Crippen molar-refractivity contribution in [2.45, 2.75) is 6.92 Å². The molecule has 0 saturated heterocycles. The highest BCUT2D eigenvalue weighted by Gasteiger charge is 2.10. The zero-order chi connectivity index (χ0) is 14.5. The number of hydrazone groups is 1. The van der Waals surface area contributed by atoms with Crippen LogP contribution in [0.5, 0.6) is 0 Å². The summed E-state index contributed by atoms with van der Waals surface area (Å²) in [5, 5.41) is 4.84. The molecule has 0 aliphatic heterocycles. The molecule has 0 atom stereocenters. The first-order chi connectivity index (χ1) is 9.58. The van der Waals surface area contributed by atoms with Gasteiger partial charge in [-0.1, -0.05) is 53.5 Å². The number of amides is 1. The SMILES string of the molecule is CC(=NNC(=O)c1ccc(Cl)cc1Cl)c1ccccc1. The number of nitrogens with one attached hydrogen (secondary N) is 1. The topological polar surface area (TPSA) is 41.5 Å². The summed E-state index contributed by atoms with van der Waals surface area (Å²) in [6.45, 7) is 1.82. The standard InChI is InChI=1S/C15H12Cl2N2O/c1-10(11-5-3-2-4-6-11)18-19-15(20)13-8-7-12(16)9-14(13)17/h2-9H,1H3,(H,19,20). The van der Waals surface area contributed by atoms with Crippen molar-refractivity contribution < 1.29 is 4.79 Å². The zero-order valence-electron chi connectivity index (χ0n) is 10.7. The monoisotopic (exact) mass is 306 g/mol. The normalized spacial score (nSPS) is 11.2. The molecule has 0 saturated carbocycles. The van der Waals surface area contributed by atoms with Crippen molar-refractivity contribution in [3.05, 3.63) is 69.7 Å². The van der Waals surface area contributed by atoms with Crippen LogP contribution >= 0.6 is 23.2 Å². The maximum absolute atomic E-state index is 12.0. The van der Waals surface area contributed by atoms with Crippen LogP contribution < -0.4 is 5.43 Å². The lowest BCUT2D eigenvalue weighted by Gasteiger charge is -2.05. The number of rotatable bonds is 3. The summed E-state index contributed by atoms with van der Waals surface area (Å²) in [6, 6.07) is 14.3. The molecule has 0 aromatic heterocycles. The van der Waals surface area contributed by atoms with E-state index in [0.717, 1.165) is 5.56 Å². The van der Waals surface area contributed by atoms with E-state index in [4.69, 9.17) is 23.2 Å². The van der Waals surface area contributed by atoms with E-state index in [9.17, 15) is 4.79 Å². The molecule has 0 fully saturated rings. The third kappa shape index (κ3) is 3.59. The van der Waals surface area contributed by atoms with Crippen LogP contribution in [0.25, 0.3) is 0 Å².